The van der Waals surface area contributed by atoms with Gasteiger partial charge in [0.1, 0.15) is 0 Å². The molecule has 0 N–H and O–H groups in total. The van der Waals surface area contributed by atoms with Crippen LogP contribution in [0.25, 0.3) is 0 Å². The number of methoxy groups -OCH3 is 2. The molecule has 0 saturated carbocycles. The minimum atomic E-state index is -3.43. The van der Waals surface area contributed by atoms with Crippen LogP contribution in [0.1, 0.15) is 24.8 Å². The Bertz CT molecular complexity index is 598. The summed E-state index contributed by atoms with van der Waals surface area (Å²) in [5.74, 6) is 1.18. The van der Waals surface area contributed by atoms with Crippen molar-refractivity contribution in [2.45, 2.75) is 25.8 Å². The lowest BCUT2D eigenvalue weighted by Gasteiger charge is -2.30. The van der Waals surface area contributed by atoms with Gasteiger partial charge in [0.2, 0.25) is 0 Å². The van der Waals surface area contributed by atoms with Crippen LogP contribution in [-0.4, -0.2) is 51.4 Å². The molecule has 0 amide bonds. The fourth-order valence-corrected chi connectivity index (χ4v) is 4.11. The predicted molar refractivity (Wildman–Crippen MR) is 85.4 cm³/mol. The number of ether oxygens (including phenoxy) is 2. The first-order valence-electron chi connectivity index (χ1n) is 7.42. The second-order valence-electron chi connectivity index (χ2n) is 5.38. The Balaban J connectivity index is 2.19. The molecule has 6 nitrogen and oxygen atoms in total. The Morgan fingerprint density at radius 2 is 1.82 bits per heavy atom. The summed E-state index contributed by atoms with van der Waals surface area (Å²) in [5, 5.41) is 0. The summed E-state index contributed by atoms with van der Waals surface area (Å²) < 4.78 is 38.8. The topological polar surface area (TPSA) is 59.1 Å². The highest BCUT2D eigenvalue weighted by atomic mass is 32.2. The second-order valence-corrected chi connectivity index (χ2v) is 7.41. The van der Waals surface area contributed by atoms with Crippen molar-refractivity contribution in [3.8, 4) is 11.5 Å². The summed E-state index contributed by atoms with van der Waals surface area (Å²) in [7, 11) is 1.29. The number of piperidine rings is 1. The quantitative estimate of drug-likeness (QED) is 0.800. The highest BCUT2D eigenvalue weighted by molar-refractivity contribution is 7.86. The van der Waals surface area contributed by atoms with Gasteiger partial charge in [-0.1, -0.05) is 18.6 Å². The van der Waals surface area contributed by atoms with E-state index in [0.717, 1.165) is 24.8 Å². The average molecular weight is 328 g/mol. The van der Waals surface area contributed by atoms with Crippen molar-refractivity contribution in [1.29, 1.82) is 0 Å². The van der Waals surface area contributed by atoms with Gasteiger partial charge in [0.25, 0.3) is 10.2 Å². The molecule has 1 heterocycles. The average Bonchev–Trinajstić information content (AvgIpc) is 2.55. The van der Waals surface area contributed by atoms with Crippen molar-refractivity contribution < 1.29 is 17.9 Å². The van der Waals surface area contributed by atoms with Crippen LogP contribution in [0.15, 0.2) is 18.2 Å². The van der Waals surface area contributed by atoms with E-state index in [4.69, 9.17) is 9.47 Å². The van der Waals surface area contributed by atoms with E-state index >= 15 is 0 Å². The molecule has 2 rings (SSSR count). The molecule has 1 saturated heterocycles. The first-order chi connectivity index (χ1) is 10.5. The molecule has 1 aromatic carbocycles. The molecule has 0 aromatic heterocycles. The molecule has 7 heteroatoms. The van der Waals surface area contributed by atoms with Crippen molar-refractivity contribution in [2.75, 3.05) is 34.4 Å². The minimum absolute atomic E-state index is 0.249. The van der Waals surface area contributed by atoms with Gasteiger partial charge in [-0.25, -0.2) is 0 Å². The third-order valence-electron chi connectivity index (χ3n) is 3.91. The van der Waals surface area contributed by atoms with Crippen LogP contribution >= 0.6 is 0 Å². The Labute approximate surface area is 132 Å². The third kappa shape index (κ3) is 3.53. The minimum Gasteiger partial charge on any atom is -0.493 e. The largest absolute Gasteiger partial charge is 0.493 e. The zero-order valence-corrected chi connectivity index (χ0v) is 14.2. The molecule has 0 atom stereocenters. The van der Waals surface area contributed by atoms with Crippen molar-refractivity contribution in [2.24, 2.45) is 0 Å². The zero-order valence-electron chi connectivity index (χ0n) is 13.4. The van der Waals surface area contributed by atoms with Crippen LogP contribution in [0.4, 0.5) is 0 Å². The van der Waals surface area contributed by atoms with Crippen molar-refractivity contribution in [1.82, 2.24) is 8.61 Å². The molecular weight excluding hydrogens is 304 g/mol. The molecule has 22 heavy (non-hydrogen) atoms. The van der Waals surface area contributed by atoms with Crippen molar-refractivity contribution in [3.05, 3.63) is 23.8 Å². The van der Waals surface area contributed by atoms with Crippen LogP contribution in [0.3, 0.4) is 0 Å². The van der Waals surface area contributed by atoms with E-state index in [1.807, 2.05) is 12.1 Å². The van der Waals surface area contributed by atoms with Crippen molar-refractivity contribution in [3.63, 3.8) is 0 Å². The Hall–Kier alpha value is -1.31. The van der Waals surface area contributed by atoms with Gasteiger partial charge in [-0.15, -0.1) is 0 Å². The standard InChI is InChI=1S/C15H24N2O4S/c1-16(22(18,19)17-10-5-4-6-11-17)12-13-8-7-9-14(20-2)15(13)21-3/h7-9H,4-6,10-12H2,1-3H3. The summed E-state index contributed by atoms with van der Waals surface area (Å²) in [5.41, 5.74) is 0.782. The van der Waals surface area contributed by atoms with Gasteiger partial charge >= 0.3 is 0 Å². The fraction of sp³-hybridized carbons (Fsp3) is 0.600. The number of rotatable bonds is 6. The number of para-hydroxylation sites is 1. The van der Waals surface area contributed by atoms with E-state index in [1.165, 1.54) is 4.31 Å². The lowest BCUT2D eigenvalue weighted by atomic mass is 10.2. The Morgan fingerprint density at radius 1 is 1.14 bits per heavy atom. The summed E-state index contributed by atoms with van der Waals surface area (Å²) in [6.07, 6.45) is 2.95. The van der Waals surface area contributed by atoms with Gasteiger partial charge in [0, 0.05) is 32.2 Å². The van der Waals surface area contributed by atoms with E-state index in [0.29, 0.717) is 24.6 Å². The number of hydrogen-bond donors (Lipinski definition) is 0. The molecule has 124 valence electrons. The zero-order chi connectivity index (χ0) is 16.2. The van der Waals surface area contributed by atoms with Gasteiger partial charge in [0.05, 0.1) is 14.2 Å². The summed E-state index contributed by atoms with van der Waals surface area (Å²) in [6, 6.07) is 5.48. The fourth-order valence-electron chi connectivity index (χ4n) is 2.69. The van der Waals surface area contributed by atoms with E-state index < -0.39 is 10.2 Å². The SMILES string of the molecule is COc1cccc(CN(C)S(=O)(=O)N2CCCCC2)c1OC. The molecule has 1 aliphatic heterocycles. The summed E-state index contributed by atoms with van der Waals surface area (Å²) >= 11 is 0. The molecule has 1 aliphatic rings. The van der Waals surface area contributed by atoms with Gasteiger partial charge in [-0.2, -0.15) is 17.0 Å². The summed E-state index contributed by atoms with van der Waals surface area (Å²) in [6.45, 7) is 1.45. The van der Waals surface area contributed by atoms with Crippen LogP contribution in [-0.2, 0) is 16.8 Å². The van der Waals surface area contributed by atoms with Crippen LogP contribution < -0.4 is 9.47 Å². The lowest BCUT2D eigenvalue weighted by Crippen LogP contribution is -2.44. The normalized spacial score (nSPS) is 16.7. The number of benzene rings is 1. The predicted octanol–water partition coefficient (Wildman–Crippen LogP) is 1.87. The number of nitrogens with zero attached hydrogens (tertiary/aromatic N) is 2. The van der Waals surface area contributed by atoms with Gasteiger partial charge in [-0.3, -0.25) is 0 Å². The Morgan fingerprint density at radius 3 is 2.41 bits per heavy atom. The van der Waals surface area contributed by atoms with Crippen LogP contribution in [0.2, 0.25) is 0 Å². The highest BCUT2D eigenvalue weighted by Gasteiger charge is 2.28. The van der Waals surface area contributed by atoms with Crippen LogP contribution in [0, 0.1) is 0 Å². The van der Waals surface area contributed by atoms with Gasteiger partial charge in [-0.05, 0) is 18.9 Å². The maximum atomic E-state index is 12.6. The van der Waals surface area contributed by atoms with Crippen LogP contribution in [0.5, 0.6) is 11.5 Å². The maximum Gasteiger partial charge on any atom is 0.282 e. The first-order valence-corrected chi connectivity index (χ1v) is 8.81. The third-order valence-corrected chi connectivity index (χ3v) is 5.85. The maximum absolute atomic E-state index is 12.6. The first kappa shape index (κ1) is 17.1. The smallest absolute Gasteiger partial charge is 0.282 e. The van der Waals surface area contributed by atoms with Gasteiger partial charge in [0.15, 0.2) is 11.5 Å². The lowest BCUT2D eigenvalue weighted by molar-refractivity contribution is 0.310. The molecule has 0 spiro atoms. The Kier molecular flexibility index (Phi) is 5.66. The molecule has 0 aliphatic carbocycles. The molecular formula is C15H24N2O4S. The molecule has 0 bridgehead atoms. The van der Waals surface area contributed by atoms with E-state index in [2.05, 4.69) is 0 Å². The molecule has 0 radical (unpaired) electrons. The highest BCUT2D eigenvalue weighted by Crippen LogP contribution is 2.32. The van der Waals surface area contributed by atoms with E-state index in [1.54, 1.807) is 31.6 Å². The molecule has 1 aromatic rings. The second kappa shape index (κ2) is 7.30. The summed E-state index contributed by atoms with van der Waals surface area (Å²) in [4.78, 5) is 0. The number of hydrogen-bond acceptors (Lipinski definition) is 4. The monoisotopic (exact) mass is 328 g/mol. The van der Waals surface area contributed by atoms with E-state index in [9.17, 15) is 8.42 Å². The van der Waals surface area contributed by atoms with E-state index in [-0.39, 0.29) is 6.54 Å². The van der Waals surface area contributed by atoms with Gasteiger partial charge < -0.3 is 9.47 Å². The van der Waals surface area contributed by atoms with Crippen molar-refractivity contribution >= 4 is 10.2 Å². The molecule has 0 unspecified atom stereocenters. The molecule has 1 fully saturated rings.